The zero-order valence-electron chi connectivity index (χ0n) is 15.8. The fourth-order valence-corrected chi connectivity index (χ4v) is 4.89. The minimum Gasteiger partial charge on any atom is -0.454 e. The van der Waals surface area contributed by atoms with Crippen molar-refractivity contribution in [2.24, 2.45) is 0 Å². The summed E-state index contributed by atoms with van der Waals surface area (Å²) < 4.78 is 10.9. The van der Waals surface area contributed by atoms with Crippen molar-refractivity contribution in [3.8, 4) is 11.5 Å². The average molecular weight is 393 g/mol. The number of aromatic nitrogens is 1. The predicted octanol–water partition coefficient (Wildman–Crippen LogP) is 4.92. The van der Waals surface area contributed by atoms with E-state index in [1.165, 1.54) is 27.6 Å². The lowest BCUT2D eigenvalue weighted by Gasteiger charge is -2.26. The summed E-state index contributed by atoms with van der Waals surface area (Å²) in [5.41, 5.74) is 5.32. The van der Waals surface area contributed by atoms with Crippen LogP contribution in [0.5, 0.6) is 11.5 Å². The fourth-order valence-electron chi connectivity index (χ4n) is 3.90. The number of aromatic amines is 1. The number of nitrogens with zero attached hydrogens (tertiary/aromatic N) is 1. The highest BCUT2D eigenvalue weighted by atomic mass is 32.2. The molecular weight excluding hydrogens is 368 g/mol. The van der Waals surface area contributed by atoms with Crippen molar-refractivity contribution < 1.29 is 9.47 Å². The highest BCUT2D eigenvalue weighted by molar-refractivity contribution is 7.98. The molecule has 4 nitrogen and oxygen atoms in total. The molecule has 0 atom stereocenters. The van der Waals surface area contributed by atoms with E-state index < -0.39 is 0 Å². The molecule has 2 aromatic carbocycles. The van der Waals surface area contributed by atoms with Crippen LogP contribution in [0.1, 0.15) is 17.5 Å². The van der Waals surface area contributed by atoms with Gasteiger partial charge in [-0.15, -0.1) is 0 Å². The maximum atomic E-state index is 5.51. The molecule has 1 N–H and O–H groups in total. The number of benzene rings is 2. The lowest BCUT2D eigenvalue weighted by atomic mass is 9.99. The standard InChI is InChI=1S/C23H24N2O2S/c1-2-4-21-20(3-1)19(14-24-21)15-28-12-11-25-9-7-17(8-10-25)18-5-6-22-23(13-18)27-16-26-22/h1-7,13-14,24H,8-12,15-16H2. The highest BCUT2D eigenvalue weighted by Crippen LogP contribution is 2.35. The minimum atomic E-state index is 0.335. The number of rotatable bonds is 6. The van der Waals surface area contributed by atoms with Crippen LogP contribution in [0.2, 0.25) is 0 Å². The molecule has 3 heterocycles. The third-order valence-electron chi connectivity index (χ3n) is 5.52. The summed E-state index contributed by atoms with van der Waals surface area (Å²) in [6.07, 6.45) is 5.61. The van der Waals surface area contributed by atoms with Gasteiger partial charge in [0.1, 0.15) is 0 Å². The molecule has 1 aromatic heterocycles. The molecule has 2 aliphatic rings. The lowest BCUT2D eigenvalue weighted by Crippen LogP contribution is -2.30. The van der Waals surface area contributed by atoms with Crippen LogP contribution in [0.25, 0.3) is 16.5 Å². The van der Waals surface area contributed by atoms with Crippen LogP contribution in [0.3, 0.4) is 0 Å². The SMILES string of the molecule is C1=C(c2ccc3c(c2)OCO3)CCN(CCSCc2c[nH]c3ccccc23)C1. The summed E-state index contributed by atoms with van der Waals surface area (Å²) in [6.45, 7) is 3.62. The summed E-state index contributed by atoms with van der Waals surface area (Å²) in [5, 5.41) is 1.35. The second-order valence-corrected chi connectivity index (χ2v) is 8.37. The van der Waals surface area contributed by atoms with Gasteiger partial charge in [0.05, 0.1) is 0 Å². The van der Waals surface area contributed by atoms with Gasteiger partial charge in [0, 0.05) is 48.2 Å². The van der Waals surface area contributed by atoms with Gasteiger partial charge in [-0.2, -0.15) is 11.8 Å². The van der Waals surface area contributed by atoms with Crippen LogP contribution < -0.4 is 9.47 Å². The molecule has 3 aromatic rings. The van der Waals surface area contributed by atoms with E-state index in [1.54, 1.807) is 0 Å². The van der Waals surface area contributed by atoms with E-state index in [0.29, 0.717) is 6.79 Å². The van der Waals surface area contributed by atoms with Crippen LogP contribution in [-0.4, -0.2) is 42.1 Å². The summed E-state index contributed by atoms with van der Waals surface area (Å²) in [7, 11) is 0. The number of thioether (sulfide) groups is 1. The van der Waals surface area contributed by atoms with Gasteiger partial charge in [-0.1, -0.05) is 30.3 Å². The van der Waals surface area contributed by atoms with Crippen molar-refractivity contribution in [1.29, 1.82) is 0 Å². The van der Waals surface area contributed by atoms with E-state index in [-0.39, 0.29) is 0 Å². The Labute approximate surface area is 169 Å². The lowest BCUT2D eigenvalue weighted by molar-refractivity contribution is 0.174. The normalized spacial score (nSPS) is 16.5. The van der Waals surface area contributed by atoms with Gasteiger partial charge >= 0.3 is 0 Å². The molecule has 0 fully saturated rings. The van der Waals surface area contributed by atoms with Crippen molar-refractivity contribution in [2.75, 3.05) is 32.2 Å². The number of para-hydroxylation sites is 1. The van der Waals surface area contributed by atoms with E-state index >= 15 is 0 Å². The first-order valence-corrected chi connectivity index (χ1v) is 11.0. The maximum absolute atomic E-state index is 5.51. The molecule has 0 radical (unpaired) electrons. The minimum absolute atomic E-state index is 0.335. The number of hydrogen-bond donors (Lipinski definition) is 1. The number of H-pyrrole nitrogens is 1. The number of hydrogen-bond acceptors (Lipinski definition) is 4. The summed E-state index contributed by atoms with van der Waals surface area (Å²) in [5.74, 6) is 3.95. The molecule has 0 aliphatic carbocycles. The van der Waals surface area contributed by atoms with Gasteiger partial charge in [0.25, 0.3) is 0 Å². The van der Waals surface area contributed by atoms with Gasteiger partial charge in [0.2, 0.25) is 6.79 Å². The molecule has 5 rings (SSSR count). The predicted molar refractivity (Wildman–Crippen MR) is 116 cm³/mol. The molecule has 0 saturated heterocycles. The van der Waals surface area contributed by atoms with E-state index in [9.17, 15) is 0 Å². The molecule has 0 unspecified atom stereocenters. The van der Waals surface area contributed by atoms with E-state index in [1.807, 2.05) is 17.8 Å². The Balaban J connectivity index is 1.11. The monoisotopic (exact) mass is 392 g/mol. The first-order valence-electron chi connectivity index (χ1n) is 9.81. The maximum Gasteiger partial charge on any atom is 0.231 e. The van der Waals surface area contributed by atoms with Crippen molar-refractivity contribution in [3.05, 3.63) is 65.9 Å². The van der Waals surface area contributed by atoms with Crippen LogP contribution in [0, 0.1) is 0 Å². The van der Waals surface area contributed by atoms with E-state index in [0.717, 1.165) is 49.1 Å². The zero-order chi connectivity index (χ0) is 18.8. The Morgan fingerprint density at radius 1 is 1.07 bits per heavy atom. The second kappa shape index (κ2) is 7.94. The van der Waals surface area contributed by atoms with Crippen molar-refractivity contribution in [3.63, 3.8) is 0 Å². The molecule has 28 heavy (non-hydrogen) atoms. The molecule has 0 saturated carbocycles. The summed E-state index contributed by atoms with van der Waals surface area (Å²) >= 11 is 2.02. The number of ether oxygens (including phenoxy) is 2. The second-order valence-electron chi connectivity index (χ2n) is 7.26. The Bertz CT molecular complexity index is 1010. The van der Waals surface area contributed by atoms with Gasteiger partial charge in [-0.05, 0) is 41.3 Å². The van der Waals surface area contributed by atoms with Crippen LogP contribution in [0.15, 0.2) is 54.7 Å². The van der Waals surface area contributed by atoms with Gasteiger partial charge < -0.3 is 14.5 Å². The largest absolute Gasteiger partial charge is 0.454 e. The Morgan fingerprint density at radius 2 is 2.00 bits per heavy atom. The number of nitrogens with one attached hydrogen (secondary N) is 1. The molecule has 5 heteroatoms. The third kappa shape index (κ3) is 3.64. The molecule has 2 aliphatic heterocycles. The molecule has 0 amide bonds. The third-order valence-corrected chi connectivity index (χ3v) is 6.51. The van der Waals surface area contributed by atoms with Gasteiger partial charge in [-0.3, -0.25) is 4.90 Å². The fraction of sp³-hybridized carbons (Fsp3) is 0.304. The average Bonchev–Trinajstić information content (AvgIpc) is 3.38. The summed E-state index contributed by atoms with van der Waals surface area (Å²) in [6, 6.07) is 14.8. The molecule has 0 bridgehead atoms. The topological polar surface area (TPSA) is 37.5 Å². The van der Waals surface area contributed by atoms with Crippen molar-refractivity contribution >= 4 is 28.2 Å². The van der Waals surface area contributed by atoms with Crippen molar-refractivity contribution in [1.82, 2.24) is 9.88 Å². The molecule has 0 spiro atoms. The smallest absolute Gasteiger partial charge is 0.231 e. The van der Waals surface area contributed by atoms with Crippen molar-refractivity contribution in [2.45, 2.75) is 12.2 Å². The number of fused-ring (bicyclic) bond motifs is 2. The molecule has 144 valence electrons. The van der Waals surface area contributed by atoms with E-state index in [4.69, 9.17) is 9.47 Å². The first kappa shape index (κ1) is 17.7. The zero-order valence-corrected chi connectivity index (χ0v) is 16.6. The highest BCUT2D eigenvalue weighted by Gasteiger charge is 2.17. The van der Waals surface area contributed by atoms with Crippen LogP contribution >= 0.6 is 11.8 Å². The Kier molecular flexibility index (Phi) is 5.02. The van der Waals surface area contributed by atoms with Gasteiger partial charge in [0.15, 0.2) is 11.5 Å². The van der Waals surface area contributed by atoms with E-state index in [2.05, 4.69) is 58.6 Å². The first-order chi connectivity index (χ1) is 13.9. The van der Waals surface area contributed by atoms with Crippen LogP contribution in [-0.2, 0) is 5.75 Å². The summed E-state index contributed by atoms with van der Waals surface area (Å²) in [4.78, 5) is 5.91. The van der Waals surface area contributed by atoms with Gasteiger partial charge in [-0.25, -0.2) is 0 Å². The Hall–Kier alpha value is -2.37. The molecular formula is C23H24N2O2S. The Morgan fingerprint density at radius 3 is 2.93 bits per heavy atom. The quantitative estimate of drug-likeness (QED) is 0.604. The van der Waals surface area contributed by atoms with Crippen LogP contribution in [0.4, 0.5) is 0 Å².